The highest BCUT2D eigenvalue weighted by molar-refractivity contribution is 5.84. The minimum absolute atomic E-state index is 0.0117. The summed E-state index contributed by atoms with van der Waals surface area (Å²) < 4.78 is 0. The first-order valence-electron chi connectivity index (χ1n) is 10.5. The van der Waals surface area contributed by atoms with Gasteiger partial charge in [-0.2, -0.15) is 0 Å². The summed E-state index contributed by atoms with van der Waals surface area (Å²) in [6, 6.07) is 3.90. The average molecular weight is 414 g/mol. The summed E-state index contributed by atoms with van der Waals surface area (Å²) in [6.45, 7) is 13.6. The lowest BCUT2D eigenvalue weighted by Gasteiger charge is -2.40. The fourth-order valence-electron chi connectivity index (χ4n) is 3.43. The van der Waals surface area contributed by atoms with E-state index in [9.17, 15) is 9.90 Å². The van der Waals surface area contributed by atoms with E-state index in [1.165, 1.54) is 0 Å². The van der Waals surface area contributed by atoms with E-state index in [1.807, 2.05) is 31.5 Å². The minimum Gasteiger partial charge on any atom is -0.481 e. The van der Waals surface area contributed by atoms with Crippen LogP contribution in [0.2, 0.25) is 0 Å². The number of carbonyl (C=O) groups is 1. The van der Waals surface area contributed by atoms with E-state index in [4.69, 9.17) is 5.11 Å². The first-order valence-corrected chi connectivity index (χ1v) is 10.5. The van der Waals surface area contributed by atoms with Crippen molar-refractivity contribution < 1.29 is 15.0 Å². The topological polar surface area (TPSA) is 86.6 Å². The van der Waals surface area contributed by atoms with Crippen molar-refractivity contribution in [1.82, 2.24) is 9.97 Å². The van der Waals surface area contributed by atoms with Gasteiger partial charge in [0.15, 0.2) is 0 Å². The van der Waals surface area contributed by atoms with Gasteiger partial charge in [0, 0.05) is 54.1 Å². The molecule has 2 N–H and O–H groups in total. The maximum absolute atomic E-state index is 11.4. The van der Waals surface area contributed by atoms with Gasteiger partial charge in [0.25, 0.3) is 0 Å². The molecule has 0 amide bonds. The van der Waals surface area contributed by atoms with Gasteiger partial charge in [0.1, 0.15) is 0 Å². The van der Waals surface area contributed by atoms with Crippen LogP contribution < -0.4 is 4.90 Å². The molecule has 3 heterocycles. The molecule has 0 unspecified atom stereocenters. The van der Waals surface area contributed by atoms with Gasteiger partial charge in [-0.15, -0.1) is 0 Å². The maximum Gasteiger partial charge on any atom is 0.307 e. The summed E-state index contributed by atoms with van der Waals surface area (Å²) in [5, 5.41) is 17.9. The first-order chi connectivity index (χ1) is 13.9. The van der Waals surface area contributed by atoms with Gasteiger partial charge in [-0.05, 0) is 52.0 Å². The third-order valence-electron chi connectivity index (χ3n) is 5.10. The predicted molar refractivity (Wildman–Crippen MR) is 121 cm³/mol. The number of anilines is 1. The Kier molecular flexibility index (Phi) is 7.59. The molecule has 164 valence electrons. The second-order valence-corrected chi connectivity index (χ2v) is 9.72. The van der Waals surface area contributed by atoms with Crippen LogP contribution in [-0.4, -0.2) is 44.8 Å². The van der Waals surface area contributed by atoms with E-state index in [0.29, 0.717) is 5.41 Å². The molecule has 0 spiro atoms. The number of rotatable bonds is 4. The van der Waals surface area contributed by atoms with Crippen LogP contribution in [0.15, 0.2) is 30.7 Å². The molecule has 1 fully saturated rings. The van der Waals surface area contributed by atoms with Crippen molar-refractivity contribution in [3.8, 4) is 11.1 Å². The molecule has 2 aromatic heterocycles. The number of hydrogen-bond donors (Lipinski definition) is 2. The molecular formula is C24H35N3O3. The lowest BCUT2D eigenvalue weighted by molar-refractivity contribution is -0.136. The Labute approximate surface area is 180 Å². The highest BCUT2D eigenvalue weighted by Crippen LogP contribution is 2.39. The fourth-order valence-corrected chi connectivity index (χ4v) is 3.43. The molecule has 0 saturated carbocycles. The van der Waals surface area contributed by atoms with E-state index < -0.39 is 11.6 Å². The molecule has 6 heteroatoms. The highest BCUT2D eigenvalue weighted by atomic mass is 16.4. The quantitative estimate of drug-likeness (QED) is 0.768. The number of aromatic nitrogens is 2. The summed E-state index contributed by atoms with van der Waals surface area (Å²) >= 11 is 0. The number of pyridine rings is 2. The molecule has 3 rings (SSSR count). The zero-order chi connectivity index (χ0) is 22.5. The molecular weight excluding hydrogens is 378 g/mol. The minimum atomic E-state index is -0.827. The molecule has 0 bridgehead atoms. The van der Waals surface area contributed by atoms with Crippen LogP contribution in [0.3, 0.4) is 0 Å². The van der Waals surface area contributed by atoms with Crippen molar-refractivity contribution in [1.29, 1.82) is 0 Å². The van der Waals surface area contributed by atoms with Crippen LogP contribution in [0, 0.1) is 12.3 Å². The predicted octanol–water partition coefficient (Wildman–Crippen LogP) is 4.48. The van der Waals surface area contributed by atoms with Crippen LogP contribution in [0.25, 0.3) is 11.1 Å². The van der Waals surface area contributed by atoms with Gasteiger partial charge >= 0.3 is 5.97 Å². The molecule has 0 aliphatic carbocycles. The van der Waals surface area contributed by atoms with Crippen LogP contribution in [0.4, 0.5) is 5.69 Å². The Bertz CT molecular complexity index is 842. The van der Waals surface area contributed by atoms with E-state index >= 15 is 0 Å². The van der Waals surface area contributed by atoms with E-state index in [-0.39, 0.29) is 6.42 Å². The van der Waals surface area contributed by atoms with E-state index in [1.54, 1.807) is 27.0 Å². The van der Waals surface area contributed by atoms with Gasteiger partial charge in [-0.3, -0.25) is 14.8 Å². The number of aryl methyl sites for hydroxylation is 1. The first kappa shape index (κ1) is 23.8. The Morgan fingerprint density at radius 3 is 2.30 bits per heavy atom. The standard InChI is InChI=1S/C20H25N3O2.C4H10O/c1-14-16(11-18(24)25)19(23-9-6-20(2,3)7-10-23)17(13-22-14)15-5-4-8-21-12-15;1-4(2,3)5/h4-5,8,12-13H,6-7,9-11H2,1-3H3,(H,24,25);5H,1-3H3. The normalized spacial score (nSPS) is 15.9. The number of carboxylic acid groups (broad SMARTS) is 1. The van der Waals surface area contributed by atoms with Gasteiger partial charge in [-0.1, -0.05) is 19.9 Å². The zero-order valence-corrected chi connectivity index (χ0v) is 19.1. The van der Waals surface area contributed by atoms with Crippen LogP contribution >= 0.6 is 0 Å². The van der Waals surface area contributed by atoms with Crippen LogP contribution in [-0.2, 0) is 11.2 Å². The molecule has 1 aliphatic heterocycles. The summed E-state index contributed by atoms with van der Waals surface area (Å²) in [7, 11) is 0. The van der Waals surface area contributed by atoms with Gasteiger partial charge < -0.3 is 15.1 Å². The van der Waals surface area contributed by atoms with Gasteiger partial charge in [0.2, 0.25) is 0 Å². The maximum atomic E-state index is 11.4. The Balaban J connectivity index is 0.000000575. The summed E-state index contributed by atoms with van der Waals surface area (Å²) in [5.74, 6) is -0.827. The lowest BCUT2D eigenvalue weighted by atomic mass is 9.82. The van der Waals surface area contributed by atoms with Gasteiger partial charge in [0.05, 0.1) is 17.7 Å². The van der Waals surface area contributed by atoms with Crippen molar-refractivity contribution in [2.45, 2.75) is 66.4 Å². The molecule has 2 aromatic rings. The summed E-state index contributed by atoms with van der Waals surface area (Å²) in [6.07, 6.45) is 7.58. The van der Waals surface area contributed by atoms with Crippen LogP contribution in [0.1, 0.15) is 58.7 Å². The molecule has 6 nitrogen and oxygen atoms in total. The van der Waals surface area contributed by atoms with Crippen LogP contribution in [0.5, 0.6) is 0 Å². The number of nitrogens with zero attached hydrogens (tertiary/aromatic N) is 3. The van der Waals surface area contributed by atoms with Crippen molar-refractivity contribution >= 4 is 11.7 Å². The molecule has 30 heavy (non-hydrogen) atoms. The third-order valence-corrected chi connectivity index (χ3v) is 5.10. The van der Waals surface area contributed by atoms with Crippen molar-refractivity contribution in [3.05, 3.63) is 42.0 Å². The SMILES string of the molecule is CC(C)(C)O.Cc1ncc(-c2cccnc2)c(N2CCC(C)(C)CC2)c1CC(=O)O. The smallest absolute Gasteiger partial charge is 0.307 e. The van der Waals surface area contributed by atoms with Crippen molar-refractivity contribution in [2.24, 2.45) is 5.41 Å². The molecule has 1 aliphatic rings. The highest BCUT2D eigenvalue weighted by Gasteiger charge is 2.29. The zero-order valence-electron chi connectivity index (χ0n) is 19.1. The summed E-state index contributed by atoms with van der Waals surface area (Å²) in [5.41, 5.74) is 4.39. The Hall–Kier alpha value is -2.47. The third kappa shape index (κ3) is 7.10. The molecule has 0 atom stereocenters. The molecule has 0 radical (unpaired) electrons. The number of piperidine rings is 1. The Morgan fingerprint density at radius 2 is 1.80 bits per heavy atom. The second-order valence-electron chi connectivity index (χ2n) is 9.72. The van der Waals surface area contributed by atoms with Crippen molar-refractivity contribution in [3.63, 3.8) is 0 Å². The molecule has 1 saturated heterocycles. The second kappa shape index (κ2) is 9.56. The number of aliphatic carboxylic acids is 1. The molecule has 0 aromatic carbocycles. The number of carboxylic acids is 1. The lowest BCUT2D eigenvalue weighted by Crippen LogP contribution is -2.38. The van der Waals surface area contributed by atoms with Crippen molar-refractivity contribution in [2.75, 3.05) is 18.0 Å². The van der Waals surface area contributed by atoms with Gasteiger partial charge in [-0.25, -0.2) is 0 Å². The monoisotopic (exact) mass is 413 g/mol. The largest absolute Gasteiger partial charge is 0.481 e. The van der Waals surface area contributed by atoms with E-state index in [2.05, 4.69) is 28.7 Å². The summed E-state index contributed by atoms with van der Waals surface area (Å²) in [4.78, 5) is 22.5. The number of aliphatic hydroxyl groups is 1. The number of hydrogen-bond acceptors (Lipinski definition) is 5. The average Bonchev–Trinajstić information content (AvgIpc) is 2.63. The fraction of sp³-hybridized carbons (Fsp3) is 0.542. The Morgan fingerprint density at radius 1 is 1.20 bits per heavy atom. The van der Waals surface area contributed by atoms with E-state index in [0.717, 1.165) is 54.0 Å².